The molecule has 1 atom stereocenters. The minimum absolute atomic E-state index is 0.00187. The number of rotatable bonds is 19. The van der Waals surface area contributed by atoms with E-state index >= 15 is 0 Å². The quantitative estimate of drug-likeness (QED) is 0.158. The summed E-state index contributed by atoms with van der Waals surface area (Å²) in [7, 11) is 1.66. The number of ether oxygens (including phenoxy) is 1. The van der Waals surface area contributed by atoms with E-state index in [9.17, 15) is 4.79 Å². The minimum atomic E-state index is 0.00187. The fourth-order valence-electron chi connectivity index (χ4n) is 4.37. The van der Waals surface area contributed by atoms with Crippen molar-refractivity contribution in [3.63, 3.8) is 0 Å². The average molecular weight is 490 g/mol. The van der Waals surface area contributed by atoms with Crippen LogP contribution in [0, 0.1) is 5.92 Å². The van der Waals surface area contributed by atoms with Crippen LogP contribution in [0.4, 0.5) is 0 Å². The van der Waals surface area contributed by atoms with Crippen molar-refractivity contribution in [1.29, 1.82) is 0 Å². The molecule has 0 aromatic heterocycles. The Morgan fingerprint density at radius 2 is 1.53 bits per heavy atom. The molecule has 36 heavy (non-hydrogen) atoms. The van der Waals surface area contributed by atoms with E-state index < -0.39 is 0 Å². The van der Waals surface area contributed by atoms with Crippen molar-refractivity contribution >= 4 is 5.91 Å². The lowest BCUT2D eigenvalue weighted by Crippen LogP contribution is -2.31. The van der Waals surface area contributed by atoms with Crippen LogP contribution in [-0.4, -0.2) is 13.0 Å². The van der Waals surface area contributed by atoms with Gasteiger partial charge in [-0.1, -0.05) is 106 Å². The highest BCUT2D eigenvalue weighted by atomic mass is 16.5. The molecular formula is C33H47NO2. The van der Waals surface area contributed by atoms with Gasteiger partial charge in [-0.05, 0) is 68.2 Å². The summed E-state index contributed by atoms with van der Waals surface area (Å²) in [5.74, 6) is 0.964. The fraction of sp³-hybridized carbons (Fsp3) is 0.485. The van der Waals surface area contributed by atoms with Crippen molar-refractivity contribution in [3.05, 3.63) is 90.0 Å². The molecule has 1 unspecified atom stereocenters. The predicted molar refractivity (Wildman–Crippen MR) is 153 cm³/mol. The molecule has 3 nitrogen and oxygen atoms in total. The predicted octanol–water partition coefficient (Wildman–Crippen LogP) is 8.59. The van der Waals surface area contributed by atoms with Gasteiger partial charge in [0, 0.05) is 12.5 Å². The zero-order chi connectivity index (χ0) is 25.7. The first-order chi connectivity index (χ1) is 17.7. The van der Waals surface area contributed by atoms with Crippen LogP contribution in [0.25, 0.3) is 0 Å². The number of nitrogens with one attached hydrogen (secondary N) is 1. The average Bonchev–Trinajstić information content (AvgIpc) is 2.92. The zero-order valence-corrected chi connectivity index (χ0v) is 22.6. The van der Waals surface area contributed by atoms with Gasteiger partial charge >= 0.3 is 0 Å². The molecule has 0 spiro atoms. The number of hydrogen-bond acceptors (Lipinski definition) is 2. The summed E-state index contributed by atoms with van der Waals surface area (Å²) in [4.78, 5) is 13.1. The van der Waals surface area contributed by atoms with Gasteiger partial charge in [0.15, 0.2) is 0 Å². The molecule has 0 saturated heterocycles. The Morgan fingerprint density at radius 3 is 2.25 bits per heavy atom. The van der Waals surface area contributed by atoms with Crippen LogP contribution in [0.15, 0.2) is 78.9 Å². The Bertz CT molecular complexity index is 888. The van der Waals surface area contributed by atoms with Gasteiger partial charge in [0.25, 0.3) is 0 Å². The van der Waals surface area contributed by atoms with Gasteiger partial charge in [-0.3, -0.25) is 4.79 Å². The first-order valence-corrected chi connectivity index (χ1v) is 14.0. The van der Waals surface area contributed by atoms with Crippen LogP contribution in [0.5, 0.6) is 5.75 Å². The van der Waals surface area contributed by atoms with Gasteiger partial charge < -0.3 is 10.1 Å². The second kappa shape index (κ2) is 19.4. The number of carbonyl (C=O) groups is 1. The molecule has 0 aliphatic heterocycles. The van der Waals surface area contributed by atoms with Crippen molar-refractivity contribution in [2.75, 3.05) is 7.11 Å². The Balaban J connectivity index is 1.69. The maximum atomic E-state index is 13.1. The number of carbonyl (C=O) groups excluding carboxylic acids is 1. The molecule has 0 heterocycles. The molecule has 0 fully saturated rings. The van der Waals surface area contributed by atoms with Crippen molar-refractivity contribution in [2.45, 2.75) is 90.5 Å². The Labute approximate surface area is 220 Å². The number of methoxy groups -OCH3 is 1. The van der Waals surface area contributed by atoms with Gasteiger partial charge in [0.2, 0.25) is 5.91 Å². The van der Waals surface area contributed by atoms with E-state index in [2.05, 4.69) is 60.8 Å². The zero-order valence-electron chi connectivity index (χ0n) is 22.6. The van der Waals surface area contributed by atoms with E-state index in [0.717, 1.165) is 43.4 Å². The first kappa shape index (κ1) is 29.4. The molecular weight excluding hydrogens is 442 g/mol. The molecule has 3 heteroatoms. The second-order valence-corrected chi connectivity index (χ2v) is 9.62. The van der Waals surface area contributed by atoms with Crippen LogP contribution in [0.3, 0.4) is 0 Å². The summed E-state index contributed by atoms with van der Waals surface area (Å²) < 4.78 is 5.30. The van der Waals surface area contributed by atoms with Crippen molar-refractivity contribution in [3.8, 4) is 5.75 Å². The van der Waals surface area contributed by atoms with Crippen molar-refractivity contribution in [1.82, 2.24) is 5.32 Å². The summed E-state index contributed by atoms with van der Waals surface area (Å²) in [6, 6.07) is 18.3. The number of benzene rings is 2. The molecule has 1 N–H and O–H groups in total. The monoisotopic (exact) mass is 489 g/mol. The van der Waals surface area contributed by atoms with Crippen molar-refractivity contribution < 1.29 is 9.53 Å². The van der Waals surface area contributed by atoms with Crippen LogP contribution >= 0.6 is 0 Å². The largest absolute Gasteiger partial charge is 0.497 e. The Hall–Kier alpha value is -2.81. The highest BCUT2D eigenvalue weighted by Crippen LogP contribution is 2.18. The third-order valence-corrected chi connectivity index (χ3v) is 6.55. The first-order valence-electron chi connectivity index (χ1n) is 14.0. The molecule has 0 aliphatic rings. The standard InChI is InChI=1S/C33H47NO2/c1-3-4-5-6-7-8-9-10-11-12-13-14-15-19-24-31(26-29-21-17-16-18-22-29)33(35)34-28-30-23-20-25-32(27-30)36-2/h7-8,10-11,16-18,20-23,25,27,31H,3-6,9,12-15,19,24,26,28H2,1-2H3,(H,34,35)/b8-7-,11-10-. The Kier molecular flexibility index (Phi) is 15.8. The number of amides is 1. The van der Waals surface area contributed by atoms with Gasteiger partial charge in [-0.25, -0.2) is 0 Å². The summed E-state index contributed by atoms with van der Waals surface area (Å²) in [6.45, 7) is 2.78. The maximum absolute atomic E-state index is 13.1. The van der Waals surface area contributed by atoms with E-state index in [4.69, 9.17) is 4.74 Å². The molecule has 2 aromatic carbocycles. The lowest BCUT2D eigenvalue weighted by atomic mass is 9.92. The maximum Gasteiger partial charge on any atom is 0.223 e. The normalized spacial score (nSPS) is 12.3. The molecule has 2 rings (SSSR count). The van der Waals surface area contributed by atoms with E-state index in [1.165, 1.54) is 50.5 Å². The molecule has 0 bridgehead atoms. The molecule has 1 amide bonds. The second-order valence-electron chi connectivity index (χ2n) is 9.62. The van der Waals surface area contributed by atoms with Crippen LogP contribution in [0.2, 0.25) is 0 Å². The topological polar surface area (TPSA) is 38.3 Å². The van der Waals surface area contributed by atoms with Crippen molar-refractivity contribution in [2.24, 2.45) is 5.92 Å². The van der Waals surface area contributed by atoms with E-state index in [1.807, 2.05) is 30.3 Å². The third kappa shape index (κ3) is 13.3. The van der Waals surface area contributed by atoms with Gasteiger partial charge in [-0.2, -0.15) is 0 Å². The molecule has 0 radical (unpaired) electrons. The third-order valence-electron chi connectivity index (χ3n) is 6.55. The van der Waals surface area contributed by atoms with Crippen LogP contribution in [-0.2, 0) is 17.8 Å². The van der Waals surface area contributed by atoms with Gasteiger partial charge in [0.1, 0.15) is 5.75 Å². The molecule has 0 aliphatic carbocycles. The summed E-state index contributed by atoms with van der Waals surface area (Å²) in [5.41, 5.74) is 2.28. The number of allylic oxidation sites excluding steroid dienone is 4. The highest BCUT2D eigenvalue weighted by molar-refractivity contribution is 5.79. The van der Waals surface area contributed by atoms with E-state index in [-0.39, 0.29) is 11.8 Å². The SMILES string of the molecule is CCCCC/C=C\C/C=C\CCCCCCC(Cc1ccccc1)C(=O)NCc1cccc(OC)c1. The molecule has 2 aromatic rings. The van der Waals surface area contributed by atoms with Crippen LogP contribution in [0.1, 0.15) is 88.7 Å². The van der Waals surface area contributed by atoms with Gasteiger partial charge in [-0.15, -0.1) is 0 Å². The molecule has 0 saturated carbocycles. The number of hydrogen-bond donors (Lipinski definition) is 1. The highest BCUT2D eigenvalue weighted by Gasteiger charge is 2.18. The van der Waals surface area contributed by atoms with Crippen LogP contribution < -0.4 is 10.1 Å². The fourth-order valence-corrected chi connectivity index (χ4v) is 4.37. The summed E-state index contributed by atoms with van der Waals surface area (Å²) in [5, 5.41) is 3.16. The lowest BCUT2D eigenvalue weighted by Gasteiger charge is -2.17. The van der Waals surface area contributed by atoms with E-state index in [1.54, 1.807) is 7.11 Å². The lowest BCUT2D eigenvalue weighted by molar-refractivity contribution is -0.125. The van der Waals surface area contributed by atoms with Gasteiger partial charge in [0.05, 0.1) is 7.11 Å². The number of unbranched alkanes of at least 4 members (excludes halogenated alkanes) is 7. The smallest absolute Gasteiger partial charge is 0.223 e. The minimum Gasteiger partial charge on any atom is -0.497 e. The summed E-state index contributed by atoms with van der Waals surface area (Å²) >= 11 is 0. The summed E-state index contributed by atoms with van der Waals surface area (Å²) in [6.07, 6.45) is 23.0. The van der Waals surface area contributed by atoms with E-state index in [0.29, 0.717) is 6.54 Å². The molecule has 196 valence electrons. The Morgan fingerprint density at radius 1 is 0.833 bits per heavy atom.